The fourth-order valence-electron chi connectivity index (χ4n) is 3.99. The summed E-state index contributed by atoms with van der Waals surface area (Å²) < 4.78 is 87.5. The van der Waals surface area contributed by atoms with Crippen molar-refractivity contribution < 1.29 is 35.1 Å². The van der Waals surface area contributed by atoms with E-state index in [1.807, 2.05) is 0 Å². The molecular formula is C24H22F2N2O6S2. The second-order valence-corrected chi connectivity index (χ2v) is 11.7. The largest absolute Gasteiger partial charge is 0.465 e. The fraction of sp³-hybridized carbons (Fsp3) is 0.208. The minimum absolute atomic E-state index is 0.0206. The zero-order valence-corrected chi connectivity index (χ0v) is 20.7. The van der Waals surface area contributed by atoms with Crippen LogP contribution in [0.15, 0.2) is 65.6 Å². The summed E-state index contributed by atoms with van der Waals surface area (Å²) in [6.07, 6.45) is 1.14. The molecule has 190 valence electrons. The zero-order valence-electron chi connectivity index (χ0n) is 19.1. The lowest BCUT2D eigenvalue weighted by Gasteiger charge is -2.31. The number of aryl methyl sites for hydroxylation is 1. The highest BCUT2D eigenvalue weighted by Gasteiger charge is 2.29. The molecule has 1 N–H and O–H groups in total. The summed E-state index contributed by atoms with van der Waals surface area (Å²) in [6.45, 7) is 0.175. The first-order chi connectivity index (χ1) is 17.0. The Morgan fingerprint density at radius 3 is 2.53 bits per heavy atom. The normalized spacial score (nSPS) is 13.7. The van der Waals surface area contributed by atoms with E-state index in [0.29, 0.717) is 35.7 Å². The van der Waals surface area contributed by atoms with Crippen molar-refractivity contribution in [3.63, 3.8) is 0 Å². The van der Waals surface area contributed by atoms with E-state index in [0.717, 1.165) is 12.1 Å². The number of methoxy groups -OCH3 is 1. The van der Waals surface area contributed by atoms with E-state index in [-0.39, 0.29) is 17.8 Å². The summed E-state index contributed by atoms with van der Waals surface area (Å²) in [4.78, 5) is 11.1. The molecule has 0 unspecified atom stereocenters. The summed E-state index contributed by atoms with van der Waals surface area (Å²) >= 11 is 0. The van der Waals surface area contributed by atoms with Gasteiger partial charge in [0.15, 0.2) is 0 Å². The molecule has 12 heteroatoms. The SMILES string of the molecule is COC(=O)c1cccc(CS(=O)(=O)N2CCCc3ccc(NS(=O)(=O)c4ccc(F)cc4F)cc32)c1. The van der Waals surface area contributed by atoms with Gasteiger partial charge in [0.05, 0.1) is 29.8 Å². The minimum atomic E-state index is -4.41. The number of esters is 1. The predicted octanol–water partition coefficient (Wildman–Crippen LogP) is 3.83. The van der Waals surface area contributed by atoms with E-state index in [9.17, 15) is 30.4 Å². The van der Waals surface area contributed by atoms with Crippen LogP contribution < -0.4 is 9.03 Å². The first kappa shape index (κ1) is 25.6. The molecule has 36 heavy (non-hydrogen) atoms. The molecule has 0 aromatic heterocycles. The van der Waals surface area contributed by atoms with Crippen LogP contribution in [0.1, 0.15) is 27.9 Å². The molecule has 1 aliphatic heterocycles. The van der Waals surface area contributed by atoms with Crippen LogP contribution in [0, 0.1) is 11.6 Å². The van der Waals surface area contributed by atoms with Crippen molar-refractivity contribution in [1.82, 2.24) is 0 Å². The van der Waals surface area contributed by atoms with Crippen molar-refractivity contribution >= 4 is 37.4 Å². The highest BCUT2D eigenvalue weighted by Crippen LogP contribution is 2.34. The minimum Gasteiger partial charge on any atom is -0.465 e. The third-order valence-corrected chi connectivity index (χ3v) is 8.79. The zero-order chi connectivity index (χ0) is 26.1. The summed E-state index contributed by atoms with van der Waals surface area (Å²) in [5.41, 5.74) is 1.61. The van der Waals surface area contributed by atoms with Crippen molar-refractivity contribution in [3.8, 4) is 0 Å². The van der Waals surface area contributed by atoms with Gasteiger partial charge in [-0.25, -0.2) is 30.4 Å². The van der Waals surface area contributed by atoms with E-state index < -0.39 is 48.3 Å². The maximum atomic E-state index is 14.1. The summed E-state index contributed by atoms with van der Waals surface area (Å²) in [5, 5.41) is 0. The van der Waals surface area contributed by atoms with Crippen LogP contribution >= 0.6 is 0 Å². The van der Waals surface area contributed by atoms with Crippen LogP contribution in [0.2, 0.25) is 0 Å². The second-order valence-electron chi connectivity index (χ2n) is 8.15. The van der Waals surface area contributed by atoms with Gasteiger partial charge in [0.2, 0.25) is 10.0 Å². The van der Waals surface area contributed by atoms with Crippen LogP contribution in [0.25, 0.3) is 0 Å². The summed E-state index contributed by atoms with van der Waals surface area (Å²) in [7, 11) is -7.10. The average Bonchev–Trinajstić information content (AvgIpc) is 2.82. The van der Waals surface area contributed by atoms with Gasteiger partial charge < -0.3 is 4.74 Å². The van der Waals surface area contributed by atoms with Crippen molar-refractivity contribution in [1.29, 1.82) is 0 Å². The van der Waals surface area contributed by atoms with Gasteiger partial charge in [0, 0.05) is 12.6 Å². The fourth-order valence-corrected chi connectivity index (χ4v) is 6.73. The van der Waals surface area contributed by atoms with Gasteiger partial charge in [-0.2, -0.15) is 0 Å². The number of hydrogen-bond donors (Lipinski definition) is 1. The molecule has 0 bridgehead atoms. The molecule has 0 saturated heterocycles. The average molecular weight is 537 g/mol. The van der Waals surface area contributed by atoms with Gasteiger partial charge in [-0.3, -0.25) is 9.03 Å². The number of nitrogens with one attached hydrogen (secondary N) is 1. The van der Waals surface area contributed by atoms with Crippen LogP contribution in [0.4, 0.5) is 20.2 Å². The molecule has 0 radical (unpaired) electrons. The Kier molecular flexibility index (Phi) is 7.01. The second kappa shape index (κ2) is 9.86. The van der Waals surface area contributed by atoms with E-state index in [1.165, 1.54) is 35.7 Å². The van der Waals surface area contributed by atoms with Crippen molar-refractivity contribution in [2.75, 3.05) is 22.7 Å². The first-order valence-electron chi connectivity index (χ1n) is 10.8. The van der Waals surface area contributed by atoms with Gasteiger partial charge in [-0.1, -0.05) is 18.2 Å². The van der Waals surface area contributed by atoms with Crippen molar-refractivity contribution in [3.05, 3.63) is 89.0 Å². The lowest BCUT2D eigenvalue weighted by Crippen LogP contribution is -2.36. The van der Waals surface area contributed by atoms with Gasteiger partial charge in [0.25, 0.3) is 10.0 Å². The smallest absolute Gasteiger partial charge is 0.337 e. The lowest BCUT2D eigenvalue weighted by atomic mass is 10.0. The number of nitrogens with zero attached hydrogens (tertiary/aromatic N) is 1. The van der Waals surface area contributed by atoms with E-state index in [2.05, 4.69) is 9.46 Å². The monoisotopic (exact) mass is 536 g/mol. The quantitative estimate of drug-likeness (QED) is 0.460. The van der Waals surface area contributed by atoms with Gasteiger partial charge in [-0.05, 0) is 60.4 Å². The highest BCUT2D eigenvalue weighted by molar-refractivity contribution is 7.92. The molecule has 0 spiro atoms. The number of sulfonamides is 2. The Hall–Kier alpha value is -3.51. The molecule has 8 nitrogen and oxygen atoms in total. The Morgan fingerprint density at radius 1 is 1.03 bits per heavy atom. The third-order valence-electron chi connectivity index (χ3n) is 5.63. The molecule has 0 fully saturated rings. The number of halogens is 2. The Labute approximate surface area is 207 Å². The van der Waals surface area contributed by atoms with Gasteiger partial charge in [-0.15, -0.1) is 0 Å². The highest BCUT2D eigenvalue weighted by atomic mass is 32.2. The van der Waals surface area contributed by atoms with E-state index in [1.54, 1.807) is 18.2 Å². The molecule has 0 amide bonds. The first-order valence-corrected chi connectivity index (χ1v) is 13.9. The summed E-state index contributed by atoms with van der Waals surface area (Å²) in [6, 6.07) is 12.6. The van der Waals surface area contributed by atoms with Crippen LogP contribution in [-0.2, 0) is 37.0 Å². The van der Waals surface area contributed by atoms with E-state index in [4.69, 9.17) is 0 Å². The molecule has 1 aliphatic rings. The molecule has 0 atom stereocenters. The molecule has 3 aromatic rings. The topological polar surface area (TPSA) is 110 Å². The number of anilines is 2. The number of carbonyl (C=O) groups excluding carboxylic acids is 1. The molecule has 3 aromatic carbocycles. The Balaban J connectivity index is 1.64. The third kappa shape index (κ3) is 5.34. The summed E-state index contributed by atoms with van der Waals surface area (Å²) in [5.74, 6) is -3.15. The molecule has 4 rings (SSSR count). The van der Waals surface area contributed by atoms with Crippen molar-refractivity contribution in [2.24, 2.45) is 0 Å². The van der Waals surface area contributed by atoms with Crippen LogP contribution in [-0.4, -0.2) is 36.5 Å². The molecular weight excluding hydrogens is 514 g/mol. The predicted molar refractivity (Wildman–Crippen MR) is 130 cm³/mol. The maximum absolute atomic E-state index is 14.1. The number of fused-ring (bicyclic) bond motifs is 1. The Bertz CT molecular complexity index is 1540. The van der Waals surface area contributed by atoms with Crippen LogP contribution in [0.5, 0.6) is 0 Å². The molecule has 0 saturated carbocycles. The molecule has 1 heterocycles. The van der Waals surface area contributed by atoms with Crippen molar-refractivity contribution in [2.45, 2.75) is 23.5 Å². The number of benzene rings is 3. The lowest BCUT2D eigenvalue weighted by molar-refractivity contribution is 0.0600. The number of ether oxygens (including phenoxy) is 1. The maximum Gasteiger partial charge on any atom is 0.337 e. The van der Waals surface area contributed by atoms with Gasteiger partial charge in [0.1, 0.15) is 16.5 Å². The standard InChI is InChI=1S/C24H22F2N2O6S2/c1-34-24(29)18-5-2-4-16(12-18)15-35(30,31)28-11-3-6-17-7-9-20(14-22(17)28)27-36(32,33)23-10-8-19(25)13-21(23)26/h2,4-5,7-10,12-14,27H,3,6,11,15H2,1H3. The number of hydrogen-bond acceptors (Lipinski definition) is 6. The molecule has 0 aliphatic carbocycles. The van der Waals surface area contributed by atoms with E-state index >= 15 is 0 Å². The van der Waals surface area contributed by atoms with Crippen LogP contribution in [0.3, 0.4) is 0 Å². The Morgan fingerprint density at radius 2 is 1.81 bits per heavy atom. The van der Waals surface area contributed by atoms with Gasteiger partial charge >= 0.3 is 5.97 Å². The number of carbonyl (C=O) groups is 1. The number of rotatable bonds is 7.